The lowest BCUT2D eigenvalue weighted by Crippen LogP contribution is -2.57. The zero-order valence-electron chi connectivity index (χ0n) is 21.7. The van der Waals surface area contributed by atoms with Crippen LogP contribution >= 0.6 is 0 Å². The van der Waals surface area contributed by atoms with Crippen LogP contribution in [-0.4, -0.2) is 89.7 Å². The average Bonchev–Trinajstić information content (AvgIpc) is 3.25. The highest BCUT2D eigenvalue weighted by atomic mass is 16.2. The number of rotatable bonds is 5. The van der Waals surface area contributed by atoms with Gasteiger partial charge in [0.2, 0.25) is 5.91 Å². The molecule has 1 aromatic carbocycles. The van der Waals surface area contributed by atoms with E-state index in [1.807, 2.05) is 0 Å². The SMILES string of the molecule is CCN1CCC(c2ccc(C3=CN4N=CCC(N5CCN(C(=O)[C@H]6CC6(C)C)CC5)C4C3)cc2)C1. The number of benzene rings is 1. The zero-order valence-corrected chi connectivity index (χ0v) is 21.7. The van der Waals surface area contributed by atoms with Crippen molar-refractivity contribution in [3.8, 4) is 0 Å². The predicted octanol–water partition coefficient (Wildman–Crippen LogP) is 3.86. The first kappa shape index (κ1) is 23.2. The second kappa shape index (κ2) is 9.04. The maximum Gasteiger partial charge on any atom is 0.226 e. The van der Waals surface area contributed by atoms with Gasteiger partial charge >= 0.3 is 0 Å². The van der Waals surface area contributed by atoms with Crippen LogP contribution in [0.15, 0.2) is 35.6 Å². The molecular weight excluding hydrogens is 434 g/mol. The first-order chi connectivity index (χ1) is 16.9. The molecule has 2 saturated heterocycles. The molecule has 0 radical (unpaired) electrons. The van der Waals surface area contributed by atoms with Crippen molar-refractivity contribution >= 4 is 17.7 Å². The fraction of sp³-hybridized carbons (Fsp3) is 0.655. The number of nitrogens with zero attached hydrogens (tertiary/aromatic N) is 5. The first-order valence-electron chi connectivity index (χ1n) is 13.8. The standard InChI is InChI=1S/C29H41N5O/c1-4-31-12-10-23(19-31)21-5-7-22(8-6-21)24-17-27-26(9-11-30-34(27)20-24)32-13-15-33(16-14-32)28(35)25-18-29(25,2)3/h5-8,11,20,23,25-27H,4,9-10,12-19H2,1-3H3/t23?,25-,26?,27?/m1/s1. The summed E-state index contributed by atoms with van der Waals surface area (Å²) in [4.78, 5) is 20.1. The smallest absolute Gasteiger partial charge is 0.226 e. The van der Waals surface area contributed by atoms with E-state index in [9.17, 15) is 4.79 Å². The Morgan fingerprint density at radius 1 is 1.06 bits per heavy atom. The van der Waals surface area contributed by atoms with Crippen LogP contribution in [0.4, 0.5) is 0 Å². The van der Waals surface area contributed by atoms with Crippen LogP contribution in [0, 0.1) is 11.3 Å². The molecule has 5 aliphatic rings. The van der Waals surface area contributed by atoms with E-state index in [0.29, 0.717) is 23.9 Å². The summed E-state index contributed by atoms with van der Waals surface area (Å²) < 4.78 is 0. The van der Waals surface area contributed by atoms with Crippen LogP contribution in [0.2, 0.25) is 0 Å². The van der Waals surface area contributed by atoms with Crippen LogP contribution in [0.1, 0.15) is 63.5 Å². The summed E-state index contributed by atoms with van der Waals surface area (Å²) >= 11 is 0. The van der Waals surface area contributed by atoms with Gasteiger partial charge in [0.25, 0.3) is 0 Å². The maximum atomic E-state index is 12.8. The number of likely N-dealkylation sites (tertiary alicyclic amines) is 1. The van der Waals surface area contributed by atoms with Crippen LogP contribution in [0.5, 0.6) is 0 Å². The molecule has 0 N–H and O–H groups in total. The number of hydrogen-bond acceptors (Lipinski definition) is 5. The highest BCUT2D eigenvalue weighted by Gasteiger charge is 2.52. The third-order valence-electron chi connectivity index (χ3n) is 9.44. The van der Waals surface area contributed by atoms with E-state index in [2.05, 4.69) is 77.2 Å². The lowest BCUT2D eigenvalue weighted by molar-refractivity contribution is -0.135. The number of hydrazone groups is 1. The molecule has 1 aliphatic carbocycles. The summed E-state index contributed by atoms with van der Waals surface area (Å²) in [6.45, 7) is 14.0. The summed E-state index contributed by atoms with van der Waals surface area (Å²) in [6.07, 6.45) is 8.73. The third kappa shape index (κ3) is 4.44. The minimum absolute atomic E-state index is 0.214. The Kier molecular flexibility index (Phi) is 6.00. The van der Waals surface area contributed by atoms with Crippen LogP contribution in [-0.2, 0) is 4.79 Å². The molecule has 188 valence electrons. The van der Waals surface area contributed by atoms with Gasteiger partial charge in [-0.05, 0) is 60.4 Å². The number of amides is 1. The normalized spacial score (nSPS) is 32.6. The molecule has 35 heavy (non-hydrogen) atoms. The molecule has 1 aromatic rings. The average molecular weight is 476 g/mol. The van der Waals surface area contributed by atoms with Gasteiger partial charge in [0.05, 0.1) is 6.04 Å². The Balaban J connectivity index is 1.07. The van der Waals surface area contributed by atoms with Crippen molar-refractivity contribution in [3.05, 3.63) is 41.6 Å². The van der Waals surface area contributed by atoms with Gasteiger partial charge in [-0.15, -0.1) is 0 Å². The Morgan fingerprint density at radius 3 is 2.46 bits per heavy atom. The van der Waals surface area contributed by atoms with E-state index < -0.39 is 0 Å². The molecule has 0 spiro atoms. The van der Waals surface area contributed by atoms with E-state index in [1.54, 1.807) is 0 Å². The minimum atomic E-state index is 0.214. The van der Waals surface area contributed by atoms with Crippen LogP contribution in [0.25, 0.3) is 5.57 Å². The highest BCUT2D eigenvalue weighted by Crippen LogP contribution is 2.52. The van der Waals surface area contributed by atoms with Crippen LogP contribution < -0.4 is 0 Å². The number of hydrogen-bond donors (Lipinski definition) is 0. The van der Waals surface area contributed by atoms with Crippen molar-refractivity contribution in [2.75, 3.05) is 45.8 Å². The molecule has 4 aliphatic heterocycles. The Bertz CT molecular complexity index is 1010. The van der Waals surface area contributed by atoms with E-state index in [-0.39, 0.29) is 11.3 Å². The zero-order chi connectivity index (χ0) is 24.2. The highest BCUT2D eigenvalue weighted by molar-refractivity contribution is 5.82. The molecule has 6 heteroatoms. The number of fused-ring (bicyclic) bond motifs is 1. The third-order valence-corrected chi connectivity index (χ3v) is 9.44. The number of carbonyl (C=O) groups excluding carboxylic acids is 1. The largest absolute Gasteiger partial charge is 0.340 e. The molecule has 6 rings (SSSR count). The Labute approximate surface area is 210 Å². The molecular formula is C29H41N5O. The van der Waals surface area contributed by atoms with Gasteiger partial charge in [-0.25, -0.2) is 0 Å². The molecule has 4 heterocycles. The summed E-state index contributed by atoms with van der Waals surface area (Å²) in [6, 6.07) is 10.2. The molecule has 3 unspecified atom stereocenters. The van der Waals surface area contributed by atoms with Crippen molar-refractivity contribution < 1.29 is 4.79 Å². The molecule has 6 nitrogen and oxygen atoms in total. The van der Waals surface area contributed by atoms with Gasteiger partial charge < -0.3 is 9.80 Å². The fourth-order valence-electron chi connectivity index (χ4n) is 6.79. The summed E-state index contributed by atoms with van der Waals surface area (Å²) in [5, 5.41) is 6.94. The Morgan fingerprint density at radius 2 is 1.80 bits per heavy atom. The maximum absolute atomic E-state index is 12.8. The Hall–Kier alpha value is -2.18. The van der Waals surface area contributed by atoms with Gasteiger partial charge in [0.1, 0.15) is 0 Å². The fourth-order valence-corrected chi connectivity index (χ4v) is 6.79. The summed E-state index contributed by atoms with van der Waals surface area (Å²) in [5.41, 5.74) is 4.44. The number of piperazine rings is 1. The molecule has 0 aromatic heterocycles. The molecule has 0 bridgehead atoms. The van der Waals surface area contributed by atoms with E-state index in [4.69, 9.17) is 5.10 Å². The van der Waals surface area contributed by atoms with Gasteiger partial charge in [-0.2, -0.15) is 5.10 Å². The monoisotopic (exact) mass is 475 g/mol. The number of carbonyl (C=O) groups is 1. The van der Waals surface area contributed by atoms with E-state index in [1.165, 1.54) is 36.2 Å². The minimum Gasteiger partial charge on any atom is -0.340 e. The second-order valence-electron chi connectivity index (χ2n) is 12.0. The molecule has 4 atom stereocenters. The van der Waals surface area contributed by atoms with Crippen molar-refractivity contribution in [2.24, 2.45) is 16.4 Å². The van der Waals surface area contributed by atoms with E-state index in [0.717, 1.165) is 52.0 Å². The predicted molar refractivity (Wildman–Crippen MR) is 141 cm³/mol. The van der Waals surface area contributed by atoms with Gasteiger partial charge in [0.15, 0.2) is 0 Å². The van der Waals surface area contributed by atoms with Crippen LogP contribution in [0.3, 0.4) is 0 Å². The van der Waals surface area contributed by atoms with Gasteiger partial charge in [0, 0.05) is 63.5 Å². The quantitative estimate of drug-likeness (QED) is 0.649. The number of likely N-dealkylation sites (N-methyl/N-ethyl adjacent to an activating group) is 1. The van der Waals surface area contributed by atoms with Crippen molar-refractivity contribution in [1.29, 1.82) is 0 Å². The summed E-state index contributed by atoms with van der Waals surface area (Å²) in [5.74, 6) is 1.31. The second-order valence-corrected chi connectivity index (χ2v) is 12.0. The topological polar surface area (TPSA) is 42.4 Å². The molecule has 3 fully saturated rings. The first-order valence-corrected chi connectivity index (χ1v) is 13.8. The summed E-state index contributed by atoms with van der Waals surface area (Å²) in [7, 11) is 0. The van der Waals surface area contributed by atoms with Gasteiger partial charge in [-0.3, -0.25) is 14.7 Å². The van der Waals surface area contributed by atoms with Crippen molar-refractivity contribution in [2.45, 2.75) is 64.5 Å². The van der Waals surface area contributed by atoms with E-state index >= 15 is 0 Å². The molecule has 1 saturated carbocycles. The van der Waals surface area contributed by atoms with Crippen molar-refractivity contribution in [1.82, 2.24) is 19.7 Å². The van der Waals surface area contributed by atoms with Gasteiger partial charge in [-0.1, -0.05) is 45.0 Å². The van der Waals surface area contributed by atoms with Crippen molar-refractivity contribution in [3.63, 3.8) is 0 Å². The lowest BCUT2D eigenvalue weighted by Gasteiger charge is -2.44. The lowest BCUT2D eigenvalue weighted by atomic mass is 9.92. The molecule has 1 amide bonds.